The lowest BCUT2D eigenvalue weighted by molar-refractivity contribution is -0.137. The Morgan fingerprint density at radius 1 is 0.900 bits per heavy atom. The number of rotatable bonds is 2. The van der Waals surface area contributed by atoms with Gasteiger partial charge in [0.25, 0.3) is 0 Å². The number of anilines is 1. The average Bonchev–Trinajstić information content (AvgIpc) is 2.43. The summed E-state index contributed by atoms with van der Waals surface area (Å²) in [6.45, 7) is 4.00. The predicted octanol–water partition coefficient (Wildman–Crippen LogP) is 5.11. The van der Waals surface area contributed by atoms with Gasteiger partial charge in [0, 0.05) is 5.69 Å². The molecule has 0 aliphatic carbocycles. The van der Waals surface area contributed by atoms with E-state index in [2.05, 4.69) is 0 Å². The summed E-state index contributed by atoms with van der Waals surface area (Å²) in [6.07, 6.45) is -4.37. The van der Waals surface area contributed by atoms with Gasteiger partial charge in [0.1, 0.15) is 11.5 Å². The van der Waals surface area contributed by atoms with Crippen LogP contribution >= 0.6 is 0 Å². The average molecular weight is 283 g/mol. The molecule has 20 heavy (non-hydrogen) atoms. The van der Waals surface area contributed by atoms with Crippen LogP contribution in [0.3, 0.4) is 0 Å². The number of benzene rings is 2. The van der Waals surface area contributed by atoms with Crippen LogP contribution in [-0.2, 0) is 6.18 Å². The molecular weight excluding hydrogens is 267 g/mol. The van der Waals surface area contributed by atoms with Crippen molar-refractivity contribution in [2.24, 2.45) is 0 Å². The van der Waals surface area contributed by atoms with Gasteiger partial charge in [-0.3, -0.25) is 0 Å². The fourth-order valence-electron chi connectivity index (χ4n) is 1.41. The van der Waals surface area contributed by atoms with E-state index in [0.29, 0.717) is 11.4 Å². The Hall–Kier alpha value is -2.17. The standard InChI is InChI=1S/C13H10F3NO.C2H6/c14-13(15,16)9-2-1-3-12(8-9)18-11-6-4-10(17)5-7-11;1-2/h1-8H,17H2;1-2H3. The second-order valence-corrected chi connectivity index (χ2v) is 3.70. The van der Waals surface area contributed by atoms with Crippen LogP contribution in [0.5, 0.6) is 11.5 Å². The first-order chi connectivity index (χ1) is 9.45. The second-order valence-electron chi connectivity index (χ2n) is 3.70. The zero-order chi connectivity index (χ0) is 15.2. The highest BCUT2D eigenvalue weighted by atomic mass is 19.4. The molecule has 2 N–H and O–H groups in total. The normalized spacial score (nSPS) is 10.4. The lowest BCUT2D eigenvalue weighted by atomic mass is 10.2. The molecule has 2 aromatic carbocycles. The summed E-state index contributed by atoms with van der Waals surface area (Å²) in [6, 6.07) is 11.1. The van der Waals surface area contributed by atoms with Crippen LogP contribution in [0.4, 0.5) is 18.9 Å². The van der Waals surface area contributed by atoms with Crippen molar-refractivity contribution in [3.8, 4) is 11.5 Å². The SMILES string of the molecule is CC.Nc1ccc(Oc2cccc(C(F)(F)F)c2)cc1. The molecule has 2 rings (SSSR count). The van der Waals surface area contributed by atoms with E-state index in [1.54, 1.807) is 24.3 Å². The smallest absolute Gasteiger partial charge is 0.416 e. The van der Waals surface area contributed by atoms with Crippen molar-refractivity contribution in [3.05, 3.63) is 54.1 Å². The van der Waals surface area contributed by atoms with Gasteiger partial charge in [0.05, 0.1) is 5.56 Å². The molecule has 0 aromatic heterocycles. The van der Waals surface area contributed by atoms with Gasteiger partial charge in [-0.15, -0.1) is 0 Å². The van der Waals surface area contributed by atoms with E-state index in [4.69, 9.17) is 10.5 Å². The Kier molecular flexibility index (Phi) is 5.43. The Morgan fingerprint density at radius 3 is 2.05 bits per heavy atom. The highest BCUT2D eigenvalue weighted by Gasteiger charge is 2.30. The third kappa shape index (κ3) is 4.50. The lowest BCUT2D eigenvalue weighted by Gasteiger charge is -2.10. The molecule has 0 aliphatic heterocycles. The van der Waals surface area contributed by atoms with Crippen molar-refractivity contribution in [1.29, 1.82) is 0 Å². The monoisotopic (exact) mass is 283 g/mol. The number of halogens is 3. The van der Waals surface area contributed by atoms with Gasteiger partial charge in [0.15, 0.2) is 0 Å². The summed E-state index contributed by atoms with van der Waals surface area (Å²) in [4.78, 5) is 0. The van der Waals surface area contributed by atoms with E-state index in [1.165, 1.54) is 12.1 Å². The minimum absolute atomic E-state index is 0.134. The largest absolute Gasteiger partial charge is 0.457 e. The van der Waals surface area contributed by atoms with Crippen LogP contribution in [0, 0.1) is 0 Å². The summed E-state index contributed by atoms with van der Waals surface area (Å²) in [7, 11) is 0. The van der Waals surface area contributed by atoms with Crippen molar-refractivity contribution in [2.75, 3.05) is 5.73 Å². The van der Waals surface area contributed by atoms with Gasteiger partial charge in [0.2, 0.25) is 0 Å². The number of hydrogen-bond acceptors (Lipinski definition) is 2. The molecular formula is C15H16F3NO. The number of nitrogens with two attached hydrogens (primary N) is 1. The Morgan fingerprint density at radius 2 is 1.50 bits per heavy atom. The van der Waals surface area contributed by atoms with E-state index >= 15 is 0 Å². The lowest BCUT2D eigenvalue weighted by Crippen LogP contribution is -2.04. The van der Waals surface area contributed by atoms with Crippen molar-refractivity contribution < 1.29 is 17.9 Å². The van der Waals surface area contributed by atoms with Crippen molar-refractivity contribution in [3.63, 3.8) is 0 Å². The van der Waals surface area contributed by atoms with Gasteiger partial charge >= 0.3 is 6.18 Å². The molecule has 0 saturated carbocycles. The maximum absolute atomic E-state index is 12.5. The molecule has 108 valence electrons. The molecule has 0 amide bonds. The van der Waals surface area contributed by atoms with Crippen LogP contribution in [0.25, 0.3) is 0 Å². The van der Waals surface area contributed by atoms with Crippen LogP contribution in [-0.4, -0.2) is 0 Å². The maximum Gasteiger partial charge on any atom is 0.416 e. The molecule has 2 aromatic rings. The van der Waals surface area contributed by atoms with E-state index in [-0.39, 0.29) is 5.75 Å². The Balaban J connectivity index is 0.000000956. The zero-order valence-corrected chi connectivity index (χ0v) is 11.2. The van der Waals surface area contributed by atoms with Gasteiger partial charge in [-0.1, -0.05) is 19.9 Å². The molecule has 0 fully saturated rings. The van der Waals surface area contributed by atoms with E-state index in [1.807, 2.05) is 13.8 Å². The van der Waals surface area contributed by atoms with Crippen LogP contribution in [0.15, 0.2) is 48.5 Å². The molecule has 0 spiro atoms. The molecule has 2 nitrogen and oxygen atoms in total. The Labute approximate surface area is 116 Å². The van der Waals surface area contributed by atoms with Crippen LogP contribution in [0.1, 0.15) is 19.4 Å². The van der Waals surface area contributed by atoms with Crippen molar-refractivity contribution >= 4 is 5.69 Å². The third-order valence-corrected chi connectivity index (χ3v) is 2.28. The molecule has 0 heterocycles. The van der Waals surface area contributed by atoms with Crippen molar-refractivity contribution in [2.45, 2.75) is 20.0 Å². The first-order valence-corrected chi connectivity index (χ1v) is 6.16. The molecule has 0 unspecified atom stereocenters. The number of nitrogen functional groups attached to an aromatic ring is 1. The summed E-state index contributed by atoms with van der Waals surface area (Å²) >= 11 is 0. The van der Waals surface area contributed by atoms with E-state index in [9.17, 15) is 13.2 Å². The van der Waals surface area contributed by atoms with Gasteiger partial charge in [-0.25, -0.2) is 0 Å². The molecule has 0 atom stereocenters. The number of hydrogen-bond donors (Lipinski definition) is 1. The van der Waals surface area contributed by atoms with Crippen LogP contribution < -0.4 is 10.5 Å². The van der Waals surface area contributed by atoms with E-state index < -0.39 is 11.7 Å². The predicted molar refractivity (Wildman–Crippen MR) is 73.7 cm³/mol. The second kappa shape index (κ2) is 6.84. The fourth-order valence-corrected chi connectivity index (χ4v) is 1.41. The van der Waals surface area contributed by atoms with Gasteiger partial charge in [-0.2, -0.15) is 13.2 Å². The molecule has 0 radical (unpaired) electrons. The zero-order valence-electron chi connectivity index (χ0n) is 11.2. The molecule has 5 heteroatoms. The number of alkyl halides is 3. The fraction of sp³-hybridized carbons (Fsp3) is 0.200. The summed E-state index contributed by atoms with van der Waals surface area (Å²) in [5, 5.41) is 0. The molecule has 0 aliphatic rings. The first kappa shape index (κ1) is 15.9. The van der Waals surface area contributed by atoms with Gasteiger partial charge in [-0.05, 0) is 42.5 Å². The van der Waals surface area contributed by atoms with Crippen LogP contribution in [0.2, 0.25) is 0 Å². The summed E-state index contributed by atoms with van der Waals surface area (Å²) in [5.41, 5.74) is 5.32. The molecule has 0 bridgehead atoms. The minimum atomic E-state index is -4.37. The highest BCUT2D eigenvalue weighted by Crippen LogP contribution is 2.32. The summed E-state index contributed by atoms with van der Waals surface area (Å²) in [5.74, 6) is 0.568. The maximum atomic E-state index is 12.5. The number of ether oxygens (including phenoxy) is 1. The minimum Gasteiger partial charge on any atom is -0.457 e. The van der Waals surface area contributed by atoms with Crippen molar-refractivity contribution in [1.82, 2.24) is 0 Å². The third-order valence-electron chi connectivity index (χ3n) is 2.28. The summed E-state index contributed by atoms with van der Waals surface area (Å²) < 4.78 is 42.8. The van der Waals surface area contributed by atoms with Gasteiger partial charge < -0.3 is 10.5 Å². The first-order valence-electron chi connectivity index (χ1n) is 6.16. The Bertz CT molecular complexity index is 536. The van der Waals surface area contributed by atoms with E-state index in [0.717, 1.165) is 12.1 Å². The topological polar surface area (TPSA) is 35.2 Å². The highest BCUT2D eigenvalue weighted by molar-refractivity contribution is 5.43. The molecule has 0 saturated heterocycles. The quantitative estimate of drug-likeness (QED) is 0.778.